The van der Waals surface area contributed by atoms with Gasteiger partial charge in [-0.25, -0.2) is 17.1 Å². The van der Waals surface area contributed by atoms with Crippen molar-refractivity contribution in [2.45, 2.75) is 25.8 Å². The number of nitrogens with zero attached hydrogens (tertiary/aromatic N) is 1. The number of rotatable bonds is 3. The second-order valence-electron chi connectivity index (χ2n) is 5.37. The molecule has 1 fully saturated rings. The Hall–Kier alpha value is -1.47. The minimum Gasteiger partial charge on any atom is -0.349 e. The molecule has 0 radical (unpaired) electrons. The fourth-order valence-corrected chi connectivity index (χ4v) is 3.21. The van der Waals surface area contributed by atoms with Gasteiger partial charge in [-0.3, -0.25) is 4.79 Å². The molecule has 1 aliphatic heterocycles. The van der Waals surface area contributed by atoms with Gasteiger partial charge in [0.1, 0.15) is 5.82 Å². The third kappa shape index (κ3) is 4.01. The van der Waals surface area contributed by atoms with E-state index in [0.29, 0.717) is 31.5 Å². The number of carbonyl (C=O) groups is 1. The van der Waals surface area contributed by atoms with Crippen molar-refractivity contribution >= 4 is 15.9 Å². The first-order valence-corrected chi connectivity index (χ1v) is 8.64. The molecule has 21 heavy (non-hydrogen) atoms. The number of hydrogen-bond acceptors (Lipinski definition) is 3. The summed E-state index contributed by atoms with van der Waals surface area (Å²) in [4.78, 5) is 12.0. The van der Waals surface area contributed by atoms with E-state index in [-0.39, 0.29) is 17.5 Å². The number of halogens is 1. The lowest BCUT2D eigenvalue weighted by molar-refractivity contribution is 0.0923. The van der Waals surface area contributed by atoms with Crippen LogP contribution >= 0.6 is 0 Å². The predicted octanol–water partition coefficient (Wildman–Crippen LogP) is 1.29. The maximum atomic E-state index is 13.4. The van der Waals surface area contributed by atoms with Crippen LogP contribution in [0.1, 0.15) is 28.8 Å². The average molecular weight is 314 g/mol. The summed E-state index contributed by atoms with van der Waals surface area (Å²) in [5.74, 6) is -0.735. The van der Waals surface area contributed by atoms with E-state index in [1.165, 1.54) is 16.6 Å². The number of aryl methyl sites for hydroxylation is 1. The Labute approximate surface area is 124 Å². The largest absolute Gasteiger partial charge is 0.349 e. The molecule has 0 atom stereocenters. The standard InChI is InChI=1S/C14H19FN2O3S/c1-10-3-4-11(9-13(10)15)14(18)16-12-5-7-17(8-6-12)21(2,19)20/h3-4,9,12H,5-8H2,1-2H3,(H,16,18). The van der Waals surface area contributed by atoms with Gasteiger partial charge in [0, 0.05) is 24.7 Å². The molecule has 0 aliphatic carbocycles. The Morgan fingerprint density at radius 1 is 1.33 bits per heavy atom. The smallest absolute Gasteiger partial charge is 0.251 e. The summed E-state index contributed by atoms with van der Waals surface area (Å²) in [6, 6.07) is 4.28. The molecule has 0 bridgehead atoms. The molecule has 1 heterocycles. The summed E-state index contributed by atoms with van der Waals surface area (Å²) in [5.41, 5.74) is 0.775. The van der Waals surface area contributed by atoms with E-state index in [2.05, 4.69) is 5.32 Å². The number of nitrogens with one attached hydrogen (secondary N) is 1. The van der Waals surface area contributed by atoms with Crippen molar-refractivity contribution in [2.75, 3.05) is 19.3 Å². The van der Waals surface area contributed by atoms with Gasteiger partial charge in [-0.15, -0.1) is 0 Å². The SMILES string of the molecule is Cc1ccc(C(=O)NC2CCN(S(C)(=O)=O)CC2)cc1F. The monoisotopic (exact) mass is 314 g/mol. The maximum absolute atomic E-state index is 13.4. The summed E-state index contributed by atoms with van der Waals surface area (Å²) >= 11 is 0. The van der Waals surface area contributed by atoms with Crippen LogP contribution in [-0.4, -0.2) is 44.0 Å². The Morgan fingerprint density at radius 3 is 2.48 bits per heavy atom. The van der Waals surface area contributed by atoms with Gasteiger partial charge < -0.3 is 5.32 Å². The Morgan fingerprint density at radius 2 is 1.95 bits per heavy atom. The van der Waals surface area contributed by atoms with Gasteiger partial charge >= 0.3 is 0 Å². The molecule has 1 amide bonds. The van der Waals surface area contributed by atoms with Crippen LogP contribution in [0.3, 0.4) is 0 Å². The van der Waals surface area contributed by atoms with Crippen LogP contribution in [-0.2, 0) is 10.0 Å². The molecule has 1 aromatic carbocycles. The van der Waals surface area contributed by atoms with Gasteiger partial charge in [-0.05, 0) is 37.5 Å². The quantitative estimate of drug-likeness (QED) is 0.914. The molecule has 116 valence electrons. The third-order valence-corrected chi connectivity index (χ3v) is 5.00. The van der Waals surface area contributed by atoms with Crippen LogP contribution < -0.4 is 5.32 Å². The molecule has 7 heteroatoms. The normalized spacial score (nSPS) is 17.7. The van der Waals surface area contributed by atoms with Crippen molar-refractivity contribution in [3.05, 3.63) is 35.1 Å². The van der Waals surface area contributed by atoms with E-state index in [9.17, 15) is 17.6 Å². The minimum atomic E-state index is -3.17. The number of benzene rings is 1. The molecular formula is C14H19FN2O3S. The van der Waals surface area contributed by atoms with Crippen LogP contribution in [0.15, 0.2) is 18.2 Å². The second kappa shape index (κ2) is 6.11. The number of hydrogen-bond donors (Lipinski definition) is 1. The molecule has 1 aliphatic rings. The van der Waals surface area contributed by atoms with Crippen molar-refractivity contribution in [2.24, 2.45) is 0 Å². The summed E-state index contributed by atoms with van der Waals surface area (Å²) in [6.07, 6.45) is 2.31. The predicted molar refractivity (Wildman–Crippen MR) is 78.0 cm³/mol. The highest BCUT2D eigenvalue weighted by molar-refractivity contribution is 7.88. The topological polar surface area (TPSA) is 66.5 Å². The second-order valence-corrected chi connectivity index (χ2v) is 7.36. The zero-order valence-corrected chi connectivity index (χ0v) is 12.9. The summed E-state index contributed by atoms with van der Waals surface area (Å²) in [7, 11) is -3.17. The Bertz CT molecular complexity index is 638. The van der Waals surface area contributed by atoms with E-state index < -0.39 is 15.8 Å². The van der Waals surface area contributed by atoms with Crippen LogP contribution in [0, 0.1) is 12.7 Å². The van der Waals surface area contributed by atoms with Crippen molar-refractivity contribution < 1.29 is 17.6 Å². The van der Waals surface area contributed by atoms with Crippen LogP contribution in [0.5, 0.6) is 0 Å². The number of carbonyl (C=O) groups excluding carboxylic acids is 1. The molecule has 1 aromatic rings. The molecule has 0 unspecified atom stereocenters. The molecule has 0 aromatic heterocycles. The van der Waals surface area contributed by atoms with Gasteiger partial charge in [-0.2, -0.15) is 0 Å². The lowest BCUT2D eigenvalue weighted by Crippen LogP contribution is -2.46. The third-order valence-electron chi connectivity index (χ3n) is 3.69. The van der Waals surface area contributed by atoms with E-state index in [0.717, 1.165) is 0 Å². The summed E-state index contributed by atoms with van der Waals surface area (Å²) in [6.45, 7) is 2.43. The first-order chi connectivity index (χ1) is 9.77. The minimum absolute atomic E-state index is 0.0835. The van der Waals surface area contributed by atoms with Crippen molar-refractivity contribution in [3.8, 4) is 0 Å². The molecule has 2 rings (SSSR count). The number of amides is 1. The van der Waals surface area contributed by atoms with Gasteiger partial charge in [0.2, 0.25) is 10.0 Å². The first-order valence-electron chi connectivity index (χ1n) is 6.79. The van der Waals surface area contributed by atoms with Crippen LogP contribution in [0.25, 0.3) is 0 Å². The van der Waals surface area contributed by atoms with Crippen molar-refractivity contribution in [3.63, 3.8) is 0 Å². The van der Waals surface area contributed by atoms with E-state index >= 15 is 0 Å². The summed E-state index contributed by atoms with van der Waals surface area (Å²) in [5, 5.41) is 2.83. The van der Waals surface area contributed by atoms with Crippen LogP contribution in [0.4, 0.5) is 4.39 Å². The maximum Gasteiger partial charge on any atom is 0.251 e. The molecule has 1 N–H and O–H groups in total. The number of piperidine rings is 1. The first kappa shape index (κ1) is 15.9. The molecule has 1 saturated heterocycles. The van der Waals surface area contributed by atoms with Gasteiger partial charge in [0.05, 0.1) is 6.26 Å². The molecule has 0 spiro atoms. The Balaban J connectivity index is 1.94. The average Bonchev–Trinajstić information content (AvgIpc) is 2.41. The summed E-state index contributed by atoms with van der Waals surface area (Å²) < 4.78 is 37.7. The van der Waals surface area contributed by atoms with Gasteiger partial charge in [0.25, 0.3) is 5.91 Å². The van der Waals surface area contributed by atoms with Crippen molar-refractivity contribution in [1.29, 1.82) is 0 Å². The van der Waals surface area contributed by atoms with E-state index in [1.807, 2.05) is 0 Å². The highest BCUT2D eigenvalue weighted by Gasteiger charge is 2.26. The highest BCUT2D eigenvalue weighted by Crippen LogP contribution is 2.15. The lowest BCUT2D eigenvalue weighted by Gasteiger charge is -2.30. The van der Waals surface area contributed by atoms with Crippen molar-refractivity contribution in [1.82, 2.24) is 9.62 Å². The fourth-order valence-electron chi connectivity index (χ4n) is 2.33. The number of sulfonamides is 1. The van der Waals surface area contributed by atoms with E-state index in [1.54, 1.807) is 19.1 Å². The Kier molecular flexibility index (Phi) is 4.63. The zero-order chi connectivity index (χ0) is 15.6. The van der Waals surface area contributed by atoms with Crippen LogP contribution in [0.2, 0.25) is 0 Å². The molecular weight excluding hydrogens is 295 g/mol. The molecule has 5 nitrogen and oxygen atoms in total. The van der Waals surface area contributed by atoms with Gasteiger partial charge in [0.15, 0.2) is 0 Å². The van der Waals surface area contributed by atoms with E-state index in [4.69, 9.17) is 0 Å². The highest BCUT2D eigenvalue weighted by atomic mass is 32.2. The van der Waals surface area contributed by atoms with Gasteiger partial charge in [-0.1, -0.05) is 6.07 Å². The zero-order valence-electron chi connectivity index (χ0n) is 12.1. The lowest BCUT2D eigenvalue weighted by atomic mass is 10.1. The fraction of sp³-hybridized carbons (Fsp3) is 0.500. The molecule has 0 saturated carbocycles.